The molecule has 0 unspecified atom stereocenters. The van der Waals surface area contributed by atoms with E-state index in [9.17, 15) is 0 Å². The van der Waals surface area contributed by atoms with E-state index < -0.39 is 5.41 Å². The molecule has 13 rings (SSSR count). The molecule has 0 atom stereocenters. The van der Waals surface area contributed by atoms with Crippen LogP contribution in [0.4, 0.5) is 17.1 Å². The lowest BCUT2D eigenvalue weighted by Gasteiger charge is -2.37. The lowest BCUT2D eigenvalue weighted by atomic mass is 9.70. The van der Waals surface area contributed by atoms with Crippen LogP contribution in [0.2, 0.25) is 0 Å². The van der Waals surface area contributed by atoms with Gasteiger partial charge in [-0.2, -0.15) is 0 Å². The molecule has 0 N–H and O–H groups in total. The van der Waals surface area contributed by atoms with Crippen LogP contribution in [-0.2, 0) is 5.41 Å². The molecule has 60 heavy (non-hydrogen) atoms. The highest BCUT2D eigenvalue weighted by Crippen LogP contribution is 2.66. The third kappa shape index (κ3) is 4.41. The summed E-state index contributed by atoms with van der Waals surface area (Å²) < 4.78 is 0. The maximum atomic E-state index is 2.61. The molecular weight excluding hydrogens is 723 g/mol. The molecule has 1 nitrogen and oxygen atoms in total. The van der Waals surface area contributed by atoms with E-state index in [1.165, 1.54) is 105 Å². The minimum atomic E-state index is -0.532. The molecule has 0 amide bonds. The Morgan fingerprint density at radius 2 is 0.750 bits per heavy atom. The highest BCUT2D eigenvalue weighted by molar-refractivity contribution is 6.19. The fraction of sp³-hybridized carbons (Fsp3) is 0.0169. The van der Waals surface area contributed by atoms with E-state index in [4.69, 9.17) is 0 Å². The van der Waals surface area contributed by atoms with Crippen molar-refractivity contribution in [3.8, 4) is 66.8 Å². The van der Waals surface area contributed by atoms with Crippen molar-refractivity contribution in [3.63, 3.8) is 0 Å². The molecule has 278 valence electrons. The highest BCUT2D eigenvalue weighted by atomic mass is 15.2. The summed E-state index contributed by atoms with van der Waals surface area (Å²) >= 11 is 0. The molecule has 10 aromatic rings. The Kier molecular flexibility index (Phi) is 7.00. The Balaban J connectivity index is 1.18. The maximum Gasteiger partial charge on any atom is 0.0746 e. The van der Waals surface area contributed by atoms with E-state index in [0.717, 1.165) is 11.4 Å². The lowest BCUT2D eigenvalue weighted by molar-refractivity contribution is 0.793. The fourth-order valence-electron chi connectivity index (χ4n) is 11.1. The maximum absolute atomic E-state index is 2.61. The van der Waals surface area contributed by atoms with Crippen LogP contribution in [0.3, 0.4) is 0 Å². The zero-order chi connectivity index (χ0) is 39.4. The first kappa shape index (κ1) is 33.3. The van der Waals surface area contributed by atoms with Gasteiger partial charge in [0, 0.05) is 16.5 Å². The van der Waals surface area contributed by atoms with Crippen molar-refractivity contribution >= 4 is 27.8 Å². The summed E-state index contributed by atoms with van der Waals surface area (Å²) in [5.41, 5.74) is 23.4. The number of benzene rings is 10. The van der Waals surface area contributed by atoms with E-state index in [0.29, 0.717) is 0 Å². The lowest BCUT2D eigenvalue weighted by Crippen LogP contribution is -2.28. The zero-order valence-electron chi connectivity index (χ0n) is 32.8. The van der Waals surface area contributed by atoms with Gasteiger partial charge in [-0.25, -0.2) is 0 Å². The van der Waals surface area contributed by atoms with Gasteiger partial charge >= 0.3 is 0 Å². The first-order chi connectivity index (χ1) is 29.8. The van der Waals surface area contributed by atoms with Gasteiger partial charge in [0.05, 0.1) is 22.5 Å². The number of anilines is 3. The highest BCUT2D eigenvalue weighted by Gasteiger charge is 2.53. The summed E-state index contributed by atoms with van der Waals surface area (Å²) in [7, 11) is 0. The smallest absolute Gasteiger partial charge is 0.0746 e. The second-order valence-corrected chi connectivity index (χ2v) is 16.3. The van der Waals surface area contributed by atoms with E-state index in [1.54, 1.807) is 0 Å². The predicted octanol–water partition coefficient (Wildman–Crippen LogP) is 15.6. The summed E-state index contributed by atoms with van der Waals surface area (Å²) in [6, 6.07) is 83.7. The number of rotatable bonds is 5. The van der Waals surface area contributed by atoms with Crippen LogP contribution in [0.1, 0.15) is 22.3 Å². The SMILES string of the molecule is c1ccc(-c2ccc(N(c3cccc4c3C3(c5ccccc5-c5ccccc53)c3ccccc3-4)c3ccc4c5c(cccc35)-c3ccccc3-4)c(-c3ccccc3)c2)cc1. The van der Waals surface area contributed by atoms with Gasteiger partial charge in [0.1, 0.15) is 0 Å². The van der Waals surface area contributed by atoms with Crippen LogP contribution < -0.4 is 4.90 Å². The van der Waals surface area contributed by atoms with Crippen molar-refractivity contribution in [2.45, 2.75) is 5.41 Å². The molecule has 0 aliphatic heterocycles. The van der Waals surface area contributed by atoms with E-state index >= 15 is 0 Å². The summed E-state index contributed by atoms with van der Waals surface area (Å²) in [6.45, 7) is 0. The van der Waals surface area contributed by atoms with Crippen molar-refractivity contribution in [1.29, 1.82) is 0 Å². The monoisotopic (exact) mass is 759 g/mol. The summed E-state index contributed by atoms with van der Waals surface area (Å²) in [4.78, 5) is 2.61. The molecule has 0 bridgehead atoms. The topological polar surface area (TPSA) is 3.24 Å². The summed E-state index contributed by atoms with van der Waals surface area (Å²) in [5, 5.41) is 2.55. The van der Waals surface area contributed by atoms with E-state index in [-0.39, 0.29) is 0 Å². The first-order valence-electron chi connectivity index (χ1n) is 20.9. The molecule has 0 radical (unpaired) electrons. The van der Waals surface area contributed by atoms with Crippen molar-refractivity contribution in [3.05, 3.63) is 247 Å². The molecule has 0 saturated heterocycles. The predicted molar refractivity (Wildman–Crippen MR) is 250 cm³/mol. The average molecular weight is 760 g/mol. The van der Waals surface area contributed by atoms with Crippen LogP contribution in [-0.4, -0.2) is 0 Å². The summed E-state index contributed by atoms with van der Waals surface area (Å²) in [6.07, 6.45) is 0. The van der Waals surface area contributed by atoms with Crippen LogP contribution in [0.15, 0.2) is 224 Å². The van der Waals surface area contributed by atoms with Crippen LogP contribution in [0.25, 0.3) is 77.5 Å². The van der Waals surface area contributed by atoms with Crippen molar-refractivity contribution in [2.24, 2.45) is 0 Å². The van der Waals surface area contributed by atoms with Gasteiger partial charge < -0.3 is 4.90 Å². The molecule has 10 aromatic carbocycles. The number of nitrogens with zero attached hydrogens (tertiary/aromatic N) is 1. The molecular formula is C59H37N. The Morgan fingerprint density at radius 1 is 0.267 bits per heavy atom. The van der Waals surface area contributed by atoms with Gasteiger partial charge in [-0.05, 0) is 108 Å². The number of hydrogen-bond acceptors (Lipinski definition) is 1. The van der Waals surface area contributed by atoms with E-state index in [2.05, 4.69) is 229 Å². The molecule has 0 aromatic heterocycles. The van der Waals surface area contributed by atoms with E-state index in [1.807, 2.05) is 0 Å². The van der Waals surface area contributed by atoms with Gasteiger partial charge in [0.15, 0.2) is 0 Å². The number of hydrogen-bond donors (Lipinski definition) is 0. The third-order valence-corrected chi connectivity index (χ3v) is 13.4. The van der Waals surface area contributed by atoms with Gasteiger partial charge in [-0.3, -0.25) is 0 Å². The summed E-state index contributed by atoms with van der Waals surface area (Å²) in [5.74, 6) is 0. The Labute approximate surface area is 350 Å². The standard InChI is InChI=1S/C59H37N/c1-3-17-38(18-4-1)40-33-35-55(50(37-40)39-19-5-2-6-20-39)60(54-36-34-47-42-22-8-7-21-41(42)46-26-15-28-49(54)57(46)47)56-32-16-27-48-45-25-11-14-31-53(45)59(58(48)56)51-29-12-9-23-43(51)44-24-10-13-30-52(44)59/h1-37H. The van der Waals surface area contributed by atoms with Crippen LogP contribution in [0.5, 0.6) is 0 Å². The zero-order valence-corrected chi connectivity index (χ0v) is 32.8. The number of fused-ring (bicyclic) bond motifs is 13. The fourth-order valence-corrected chi connectivity index (χ4v) is 11.1. The Hall–Kier alpha value is -7.74. The van der Waals surface area contributed by atoms with Gasteiger partial charge in [0.2, 0.25) is 0 Å². The van der Waals surface area contributed by atoms with Crippen molar-refractivity contribution < 1.29 is 0 Å². The minimum Gasteiger partial charge on any atom is -0.309 e. The van der Waals surface area contributed by atoms with Crippen LogP contribution >= 0.6 is 0 Å². The van der Waals surface area contributed by atoms with Crippen molar-refractivity contribution in [1.82, 2.24) is 0 Å². The minimum absolute atomic E-state index is 0.532. The Bertz CT molecular complexity index is 3280. The molecule has 1 heteroatoms. The molecule has 0 saturated carbocycles. The second-order valence-electron chi connectivity index (χ2n) is 16.3. The quantitative estimate of drug-likeness (QED) is 0.169. The Morgan fingerprint density at radius 3 is 1.40 bits per heavy atom. The average Bonchev–Trinajstić information content (AvgIpc) is 3.93. The molecule has 1 spiro atoms. The van der Waals surface area contributed by atoms with Crippen LogP contribution in [0, 0.1) is 0 Å². The molecule has 3 aliphatic rings. The van der Waals surface area contributed by atoms with Gasteiger partial charge in [-0.1, -0.05) is 200 Å². The largest absolute Gasteiger partial charge is 0.309 e. The second kappa shape index (κ2) is 12.6. The molecule has 0 fully saturated rings. The first-order valence-corrected chi connectivity index (χ1v) is 20.9. The molecule has 0 heterocycles. The van der Waals surface area contributed by atoms with Crippen molar-refractivity contribution in [2.75, 3.05) is 4.90 Å². The normalized spacial score (nSPS) is 13.1. The molecule has 3 aliphatic carbocycles. The van der Waals surface area contributed by atoms with Gasteiger partial charge in [-0.15, -0.1) is 0 Å². The third-order valence-electron chi connectivity index (χ3n) is 13.4. The van der Waals surface area contributed by atoms with Gasteiger partial charge in [0.25, 0.3) is 0 Å².